The number of hydrogen-bond acceptors (Lipinski definition) is 6. The smallest absolute Gasteiger partial charge is 0.243 e. The van der Waals surface area contributed by atoms with Crippen LogP contribution < -0.4 is 21.3 Å². The first-order valence-electron chi connectivity index (χ1n) is 12.6. The van der Waals surface area contributed by atoms with E-state index in [4.69, 9.17) is 0 Å². The fraction of sp³-hybridized carbons (Fsp3) is 0.577. The lowest BCUT2D eigenvalue weighted by Crippen LogP contribution is -2.51. The SMILES string of the molecule is CC.CCC1CC(=O)N(CCC(=O)N[C@H](C(=O)NCC(=O)Nc2ccc(CNC)cc2)C(C)C)C1=O.[HH].[HH].[HH].[HH]. The first-order valence-corrected chi connectivity index (χ1v) is 12.6. The van der Waals surface area contributed by atoms with Crippen LogP contribution >= 0.6 is 0 Å². The van der Waals surface area contributed by atoms with Crippen LogP contribution in [0.1, 0.15) is 65.2 Å². The Bertz CT molecular complexity index is 919. The maximum absolute atomic E-state index is 12.6. The normalized spacial score (nSPS) is 15.8. The van der Waals surface area contributed by atoms with E-state index in [9.17, 15) is 24.0 Å². The largest absolute Gasteiger partial charge is 0.345 e. The van der Waals surface area contributed by atoms with E-state index in [0.717, 1.165) is 17.0 Å². The molecule has 10 heteroatoms. The molecule has 0 saturated carbocycles. The van der Waals surface area contributed by atoms with Gasteiger partial charge in [0.1, 0.15) is 6.04 Å². The van der Waals surface area contributed by atoms with Gasteiger partial charge in [-0.2, -0.15) is 0 Å². The molecule has 1 unspecified atom stereocenters. The summed E-state index contributed by atoms with van der Waals surface area (Å²) in [6.07, 6.45) is 0.669. The molecule has 1 saturated heterocycles. The minimum absolute atomic E-state index is 0. The summed E-state index contributed by atoms with van der Waals surface area (Å²) in [5.74, 6) is -2.39. The summed E-state index contributed by atoms with van der Waals surface area (Å²) in [5.41, 5.74) is 1.69. The highest BCUT2D eigenvalue weighted by molar-refractivity contribution is 6.03. The van der Waals surface area contributed by atoms with E-state index in [1.54, 1.807) is 26.0 Å². The van der Waals surface area contributed by atoms with Crippen molar-refractivity contribution in [3.05, 3.63) is 29.8 Å². The molecule has 1 aromatic rings. The van der Waals surface area contributed by atoms with Crippen LogP contribution in [0.25, 0.3) is 0 Å². The molecule has 0 spiro atoms. The summed E-state index contributed by atoms with van der Waals surface area (Å²) in [4.78, 5) is 62.5. The Labute approximate surface area is 219 Å². The average molecular weight is 512 g/mol. The van der Waals surface area contributed by atoms with Crippen LogP contribution in [0.5, 0.6) is 0 Å². The maximum atomic E-state index is 12.6. The predicted molar refractivity (Wildman–Crippen MR) is 147 cm³/mol. The second-order valence-corrected chi connectivity index (χ2v) is 8.73. The molecule has 1 aromatic carbocycles. The first kappa shape index (κ1) is 30.8. The molecule has 1 aliphatic rings. The molecular formula is C26H49N5O5. The van der Waals surface area contributed by atoms with Crippen LogP contribution in [0.3, 0.4) is 0 Å². The second-order valence-electron chi connectivity index (χ2n) is 8.73. The van der Waals surface area contributed by atoms with E-state index in [1.165, 1.54) is 0 Å². The van der Waals surface area contributed by atoms with Crippen LogP contribution in [0.15, 0.2) is 24.3 Å². The summed E-state index contributed by atoms with van der Waals surface area (Å²) < 4.78 is 0. The standard InChI is InChI=1S/C24H35N5O5.C2H6.4H2/c1-5-17-12-21(32)29(24(17)34)11-10-19(30)28-22(15(2)3)23(33)26-14-20(31)27-18-8-6-16(7-9-18)13-25-4;1-2;;;;/h6-9,15,17,22,25H,5,10-14H2,1-4H3,(H,26,33)(H,27,31)(H,28,30);1-2H3;4*1H/t17?,22-;;;;;/m0...../s1. The highest BCUT2D eigenvalue weighted by Gasteiger charge is 2.37. The summed E-state index contributed by atoms with van der Waals surface area (Å²) in [5, 5.41) is 11.0. The molecule has 208 valence electrons. The third-order valence-corrected chi connectivity index (χ3v) is 5.70. The van der Waals surface area contributed by atoms with Gasteiger partial charge in [0.05, 0.1) is 6.54 Å². The van der Waals surface area contributed by atoms with Gasteiger partial charge in [-0.1, -0.05) is 46.8 Å². The summed E-state index contributed by atoms with van der Waals surface area (Å²) >= 11 is 0. The number of carbonyl (C=O) groups excluding carboxylic acids is 5. The van der Waals surface area contributed by atoms with Crippen LogP contribution in [0.2, 0.25) is 0 Å². The quantitative estimate of drug-likeness (QED) is 0.319. The van der Waals surface area contributed by atoms with Crippen molar-refractivity contribution in [2.45, 2.75) is 66.5 Å². The average Bonchev–Trinajstić information content (AvgIpc) is 3.14. The van der Waals surface area contributed by atoms with Gasteiger partial charge in [-0.15, -0.1) is 0 Å². The van der Waals surface area contributed by atoms with Gasteiger partial charge in [-0.25, -0.2) is 0 Å². The van der Waals surface area contributed by atoms with Crippen molar-refractivity contribution in [2.75, 3.05) is 25.5 Å². The molecule has 1 fully saturated rings. The van der Waals surface area contributed by atoms with Crippen molar-refractivity contribution < 1.29 is 29.7 Å². The number of likely N-dealkylation sites (tertiary alicyclic amines) is 1. The van der Waals surface area contributed by atoms with Crippen LogP contribution in [-0.4, -0.2) is 60.6 Å². The van der Waals surface area contributed by atoms with E-state index in [2.05, 4.69) is 21.3 Å². The van der Waals surface area contributed by atoms with E-state index in [1.807, 2.05) is 40.0 Å². The molecule has 2 atom stereocenters. The number of amides is 5. The molecule has 5 amide bonds. The number of carbonyl (C=O) groups is 5. The van der Waals surface area contributed by atoms with Gasteiger partial charge in [0.25, 0.3) is 0 Å². The maximum Gasteiger partial charge on any atom is 0.243 e. The molecule has 36 heavy (non-hydrogen) atoms. The highest BCUT2D eigenvalue weighted by atomic mass is 16.2. The molecule has 2 rings (SSSR count). The van der Waals surface area contributed by atoms with E-state index in [0.29, 0.717) is 12.1 Å². The molecule has 10 nitrogen and oxygen atoms in total. The van der Waals surface area contributed by atoms with Gasteiger partial charge in [0.15, 0.2) is 0 Å². The second kappa shape index (κ2) is 15.7. The fourth-order valence-electron chi connectivity index (χ4n) is 3.69. The molecule has 4 N–H and O–H groups in total. The van der Waals surface area contributed by atoms with Crippen LogP contribution in [0.4, 0.5) is 5.69 Å². The minimum atomic E-state index is -0.852. The summed E-state index contributed by atoms with van der Waals surface area (Å²) in [6.45, 7) is 9.86. The zero-order valence-electron chi connectivity index (χ0n) is 22.3. The van der Waals surface area contributed by atoms with Crippen LogP contribution in [-0.2, 0) is 30.5 Å². The lowest BCUT2D eigenvalue weighted by Gasteiger charge is -2.22. The van der Waals surface area contributed by atoms with Crippen molar-refractivity contribution in [1.82, 2.24) is 20.9 Å². The van der Waals surface area contributed by atoms with Crippen molar-refractivity contribution in [1.29, 1.82) is 0 Å². The number of benzene rings is 1. The first-order chi connectivity index (χ1) is 17.2. The van der Waals surface area contributed by atoms with Crippen molar-refractivity contribution >= 4 is 35.2 Å². The Hall–Kier alpha value is -3.27. The third kappa shape index (κ3) is 9.41. The molecule has 1 heterocycles. The van der Waals surface area contributed by atoms with Gasteiger partial charge in [0, 0.05) is 43.2 Å². The molecule has 1 aliphatic heterocycles. The number of anilines is 1. The zero-order chi connectivity index (χ0) is 27.3. The molecule has 0 aliphatic carbocycles. The van der Waals surface area contributed by atoms with Gasteiger partial charge in [-0.05, 0) is 37.1 Å². The van der Waals surface area contributed by atoms with Crippen molar-refractivity contribution in [2.24, 2.45) is 11.8 Å². The van der Waals surface area contributed by atoms with E-state index >= 15 is 0 Å². The van der Waals surface area contributed by atoms with Gasteiger partial charge >= 0.3 is 0 Å². The van der Waals surface area contributed by atoms with Crippen molar-refractivity contribution in [3.8, 4) is 0 Å². The number of nitrogens with zero attached hydrogens (tertiary/aromatic N) is 1. The number of hydrogen-bond donors (Lipinski definition) is 4. The van der Waals surface area contributed by atoms with E-state index < -0.39 is 17.9 Å². The Balaban J connectivity index is -0.00000105. The van der Waals surface area contributed by atoms with Gasteiger partial charge in [-0.3, -0.25) is 28.9 Å². The summed E-state index contributed by atoms with van der Waals surface area (Å²) in [7, 11) is 1.85. The minimum Gasteiger partial charge on any atom is -0.345 e. The van der Waals surface area contributed by atoms with Crippen molar-refractivity contribution in [3.63, 3.8) is 0 Å². The zero-order valence-corrected chi connectivity index (χ0v) is 22.3. The van der Waals surface area contributed by atoms with Gasteiger partial charge in [0.2, 0.25) is 29.5 Å². The van der Waals surface area contributed by atoms with Gasteiger partial charge < -0.3 is 21.3 Å². The number of nitrogens with one attached hydrogen (secondary N) is 4. The highest BCUT2D eigenvalue weighted by Crippen LogP contribution is 2.22. The fourth-order valence-corrected chi connectivity index (χ4v) is 3.69. The number of imide groups is 1. The third-order valence-electron chi connectivity index (χ3n) is 5.70. The summed E-state index contributed by atoms with van der Waals surface area (Å²) in [6, 6.07) is 6.49. The van der Waals surface area contributed by atoms with E-state index in [-0.39, 0.29) is 61.2 Å². The topological polar surface area (TPSA) is 137 Å². The Morgan fingerprint density at radius 1 is 1.08 bits per heavy atom. The lowest BCUT2D eigenvalue weighted by atomic mass is 10.0. The molecule has 0 bridgehead atoms. The predicted octanol–water partition coefficient (Wildman–Crippen LogP) is 2.79. The Morgan fingerprint density at radius 3 is 2.25 bits per heavy atom. The number of rotatable bonds is 12. The molecular weight excluding hydrogens is 462 g/mol. The Kier molecular flexibility index (Phi) is 13.4. The molecule has 0 aromatic heterocycles. The monoisotopic (exact) mass is 511 g/mol. The van der Waals surface area contributed by atoms with Crippen LogP contribution in [0, 0.1) is 11.8 Å². The molecule has 0 radical (unpaired) electrons. The Morgan fingerprint density at radius 2 is 1.72 bits per heavy atom. The lowest BCUT2D eigenvalue weighted by molar-refractivity contribution is -0.140.